The Morgan fingerprint density at radius 1 is 1.54 bits per heavy atom. The molecule has 3 heteroatoms. The van der Waals surface area contributed by atoms with Gasteiger partial charge in [-0.15, -0.1) is 0 Å². The number of carbonyl (C=O) groups is 1. The van der Waals surface area contributed by atoms with Gasteiger partial charge < -0.3 is 9.21 Å². The maximum atomic E-state index is 11.3. The van der Waals surface area contributed by atoms with Crippen LogP contribution in [-0.4, -0.2) is 6.29 Å². The third kappa shape index (κ3) is 2.28. The molecule has 0 spiro atoms. The monoisotopic (exact) mass is 180 g/mol. The quantitative estimate of drug-likeness (QED) is 0.657. The average molecular weight is 180 g/mol. The van der Waals surface area contributed by atoms with Gasteiger partial charge in [0.05, 0.1) is 6.26 Å². The lowest BCUT2D eigenvalue weighted by Crippen LogP contribution is -2.11. The van der Waals surface area contributed by atoms with E-state index in [9.17, 15) is 9.59 Å². The minimum absolute atomic E-state index is 0.109. The van der Waals surface area contributed by atoms with Crippen molar-refractivity contribution in [2.24, 2.45) is 0 Å². The maximum Gasteiger partial charge on any atom is 0.188 e. The number of aldehydes is 1. The van der Waals surface area contributed by atoms with Crippen molar-refractivity contribution in [2.45, 2.75) is 26.2 Å². The predicted molar refractivity (Wildman–Crippen MR) is 48.7 cm³/mol. The molecule has 13 heavy (non-hydrogen) atoms. The Bertz CT molecular complexity index is 338. The van der Waals surface area contributed by atoms with Crippen LogP contribution in [0.25, 0.3) is 0 Å². The third-order valence-corrected chi connectivity index (χ3v) is 1.83. The maximum absolute atomic E-state index is 11.3. The van der Waals surface area contributed by atoms with Gasteiger partial charge in [0, 0.05) is 24.5 Å². The fourth-order valence-electron chi connectivity index (χ4n) is 1.22. The van der Waals surface area contributed by atoms with Gasteiger partial charge in [-0.1, -0.05) is 6.92 Å². The first-order valence-electron chi connectivity index (χ1n) is 4.32. The zero-order valence-corrected chi connectivity index (χ0v) is 7.58. The number of carbonyl (C=O) groups excluding carboxylic acids is 1. The van der Waals surface area contributed by atoms with Crippen molar-refractivity contribution in [3.05, 3.63) is 33.9 Å². The van der Waals surface area contributed by atoms with E-state index in [-0.39, 0.29) is 11.8 Å². The molecule has 0 aliphatic rings. The Morgan fingerprint density at radius 2 is 2.31 bits per heavy atom. The van der Waals surface area contributed by atoms with E-state index in [1.165, 1.54) is 12.3 Å². The summed E-state index contributed by atoms with van der Waals surface area (Å²) in [5.74, 6) is 0.641. The van der Waals surface area contributed by atoms with Gasteiger partial charge in [-0.05, 0) is 6.42 Å². The van der Waals surface area contributed by atoms with E-state index in [0.717, 1.165) is 12.7 Å². The van der Waals surface area contributed by atoms with Gasteiger partial charge in [-0.2, -0.15) is 0 Å². The van der Waals surface area contributed by atoms with Crippen molar-refractivity contribution in [1.82, 2.24) is 0 Å². The van der Waals surface area contributed by atoms with E-state index >= 15 is 0 Å². The Kier molecular flexibility index (Phi) is 3.43. The molecule has 0 N–H and O–H groups in total. The molecule has 0 radical (unpaired) electrons. The van der Waals surface area contributed by atoms with Crippen molar-refractivity contribution >= 4 is 6.29 Å². The topological polar surface area (TPSA) is 47.3 Å². The summed E-state index contributed by atoms with van der Waals surface area (Å²) < 4.78 is 5.17. The Balaban J connectivity index is 3.09. The van der Waals surface area contributed by atoms with Crippen LogP contribution < -0.4 is 5.43 Å². The normalized spacial score (nSPS) is 9.92. The van der Waals surface area contributed by atoms with Crippen LogP contribution >= 0.6 is 0 Å². The van der Waals surface area contributed by atoms with Crippen molar-refractivity contribution < 1.29 is 9.21 Å². The van der Waals surface area contributed by atoms with Crippen LogP contribution in [0.4, 0.5) is 0 Å². The van der Waals surface area contributed by atoms with Crippen molar-refractivity contribution in [1.29, 1.82) is 0 Å². The van der Waals surface area contributed by atoms with Crippen LogP contribution in [0.5, 0.6) is 0 Å². The van der Waals surface area contributed by atoms with E-state index < -0.39 is 0 Å². The van der Waals surface area contributed by atoms with Crippen LogP contribution in [0, 0.1) is 0 Å². The lowest BCUT2D eigenvalue weighted by molar-refractivity contribution is -0.107. The third-order valence-electron chi connectivity index (χ3n) is 1.83. The zero-order chi connectivity index (χ0) is 9.68. The highest BCUT2D eigenvalue weighted by molar-refractivity contribution is 5.55. The Labute approximate surface area is 76.4 Å². The molecule has 3 nitrogen and oxygen atoms in total. The molecule has 0 bridgehead atoms. The van der Waals surface area contributed by atoms with E-state index in [1.54, 1.807) is 0 Å². The Morgan fingerprint density at radius 3 is 2.92 bits per heavy atom. The highest BCUT2D eigenvalue weighted by atomic mass is 16.3. The van der Waals surface area contributed by atoms with Crippen molar-refractivity contribution in [3.63, 3.8) is 0 Å². The second-order valence-corrected chi connectivity index (χ2v) is 2.81. The van der Waals surface area contributed by atoms with E-state index in [1.807, 2.05) is 6.92 Å². The smallest absolute Gasteiger partial charge is 0.188 e. The molecular weight excluding hydrogens is 168 g/mol. The zero-order valence-electron chi connectivity index (χ0n) is 7.58. The second kappa shape index (κ2) is 4.60. The van der Waals surface area contributed by atoms with Crippen LogP contribution in [-0.2, 0) is 17.6 Å². The van der Waals surface area contributed by atoms with Crippen LogP contribution in [0.3, 0.4) is 0 Å². The average Bonchev–Trinajstić information content (AvgIpc) is 2.11. The largest absolute Gasteiger partial charge is 0.469 e. The number of rotatable bonds is 4. The molecule has 0 saturated heterocycles. The number of hydrogen-bond acceptors (Lipinski definition) is 3. The molecule has 0 atom stereocenters. The summed E-state index contributed by atoms with van der Waals surface area (Å²) in [7, 11) is 0. The summed E-state index contributed by atoms with van der Waals surface area (Å²) in [6.07, 6.45) is 3.86. The van der Waals surface area contributed by atoms with Crippen molar-refractivity contribution in [2.75, 3.05) is 0 Å². The molecule has 0 aliphatic carbocycles. The number of aryl methyl sites for hydroxylation is 1. The fraction of sp³-hybridized carbons (Fsp3) is 0.400. The highest BCUT2D eigenvalue weighted by Crippen LogP contribution is 2.06. The first-order chi connectivity index (χ1) is 6.29. The molecule has 1 aromatic heterocycles. The summed E-state index contributed by atoms with van der Waals surface area (Å²) in [6.45, 7) is 2.00. The van der Waals surface area contributed by atoms with Crippen LogP contribution in [0.15, 0.2) is 21.5 Å². The minimum atomic E-state index is -0.109. The van der Waals surface area contributed by atoms with Crippen LogP contribution in [0.2, 0.25) is 0 Å². The van der Waals surface area contributed by atoms with Gasteiger partial charge in [-0.3, -0.25) is 4.79 Å². The summed E-state index contributed by atoms with van der Waals surface area (Å²) in [6, 6.07) is 1.35. The molecule has 0 fully saturated rings. The lowest BCUT2D eigenvalue weighted by Gasteiger charge is -2.01. The molecule has 0 amide bonds. The SMILES string of the molecule is CCCc1occc(=O)c1CC=O. The van der Waals surface area contributed by atoms with Gasteiger partial charge in [0.2, 0.25) is 0 Å². The van der Waals surface area contributed by atoms with Crippen LogP contribution in [0.1, 0.15) is 24.7 Å². The molecule has 0 unspecified atom stereocenters. The Hall–Kier alpha value is -1.38. The molecule has 1 heterocycles. The first-order valence-corrected chi connectivity index (χ1v) is 4.32. The predicted octanol–water partition coefficient (Wildman–Crippen LogP) is 1.33. The van der Waals surface area contributed by atoms with Crippen molar-refractivity contribution in [3.8, 4) is 0 Å². The van der Waals surface area contributed by atoms with Gasteiger partial charge in [0.25, 0.3) is 0 Å². The molecule has 1 aromatic rings. The summed E-state index contributed by atoms with van der Waals surface area (Å²) >= 11 is 0. The van der Waals surface area contributed by atoms with E-state index in [0.29, 0.717) is 17.7 Å². The summed E-state index contributed by atoms with van der Waals surface area (Å²) in [5, 5.41) is 0. The molecular formula is C10H12O3. The van der Waals surface area contributed by atoms with E-state index in [4.69, 9.17) is 4.42 Å². The molecule has 70 valence electrons. The second-order valence-electron chi connectivity index (χ2n) is 2.81. The standard InChI is InChI=1S/C10H12O3/c1-2-3-10-8(4-6-11)9(12)5-7-13-10/h5-7H,2-4H2,1H3. The van der Waals surface area contributed by atoms with Gasteiger partial charge in [0.1, 0.15) is 12.0 Å². The lowest BCUT2D eigenvalue weighted by atomic mass is 10.1. The molecule has 0 aliphatic heterocycles. The molecule has 0 saturated carbocycles. The van der Waals surface area contributed by atoms with Gasteiger partial charge in [-0.25, -0.2) is 0 Å². The first kappa shape index (κ1) is 9.71. The number of hydrogen-bond donors (Lipinski definition) is 0. The molecule has 0 aromatic carbocycles. The van der Waals surface area contributed by atoms with E-state index in [2.05, 4.69) is 0 Å². The van der Waals surface area contributed by atoms with Gasteiger partial charge in [0.15, 0.2) is 5.43 Å². The fourth-order valence-corrected chi connectivity index (χ4v) is 1.22. The van der Waals surface area contributed by atoms with Gasteiger partial charge >= 0.3 is 0 Å². The minimum Gasteiger partial charge on any atom is -0.469 e. The summed E-state index contributed by atoms with van der Waals surface area (Å²) in [5.41, 5.74) is 0.390. The summed E-state index contributed by atoms with van der Waals surface area (Å²) in [4.78, 5) is 21.6. The highest BCUT2D eigenvalue weighted by Gasteiger charge is 2.06. The molecule has 1 rings (SSSR count).